The predicted octanol–water partition coefficient (Wildman–Crippen LogP) is -20.4. The van der Waals surface area contributed by atoms with Gasteiger partial charge in [0.1, 0.15) is 0 Å². The fourth-order valence-electron chi connectivity index (χ4n) is 5.76. The second-order valence-electron chi connectivity index (χ2n) is 20.1. The summed E-state index contributed by atoms with van der Waals surface area (Å²) in [6.45, 7) is 12.1. The SMILES string of the molecule is C[SiH](C)O[Si](C)(C)[Si](=O)[Si](=O)[Si](=O)[Si](=O)[Si](=O)[Si](=O)[Si](=O)[SiH2]O[SiH](C)[Si](=O)[Si](=O)[Si](=O)[Si](=O)[Si](=O)[Si](=O)[Si](=O)[Si](=O)[Si](=O)[Si](=O)[Si](=O)[Si](=O)[Si](=O)[Si](=O)[Si](=O)[Si](=O)[Si](=O)[Si](=O)[Si](=O)[Si](=O)[Si](=O)[Si](=O)[Si](=O)[Si](=O)[Si](=O)[Si](=O)[Si](=O)[Si](=O)[Si](=O)[Si](=O)[Si](=O)[Si](=O)[Si](=O)[Si](=O)[Si](=O)[SiH2]O[Si](C)(C)C. The largest absolute Gasteiger partial charge is 0.457 e. The Kier molecular flexibility index (Phi) is 46.4. The molecule has 0 saturated carbocycles. The Bertz CT molecular complexity index is 4410. The molecule has 0 rings (SSSR count). The average molecular weight is 2190 g/mol. The minimum absolute atomic E-state index is 0.956. The molecule has 0 radical (unpaired) electrons. The van der Waals surface area contributed by atoms with Crippen LogP contribution < -0.4 is 0 Å². The third-order valence-electron chi connectivity index (χ3n) is 10.9. The van der Waals surface area contributed by atoms with Gasteiger partial charge in [-0.05, 0) is 52.4 Å². The Balaban J connectivity index is 5.90. The summed E-state index contributed by atoms with van der Waals surface area (Å²) in [6, 6.07) is 0. The minimum atomic E-state index is -4.87. The van der Waals surface area contributed by atoms with Crippen molar-refractivity contribution in [1.82, 2.24) is 0 Å². The van der Waals surface area contributed by atoms with Crippen molar-refractivity contribution in [2.45, 2.75) is 52.4 Å². The van der Waals surface area contributed by atoms with Crippen LogP contribution in [0.4, 0.5) is 0 Å². The van der Waals surface area contributed by atoms with Crippen molar-refractivity contribution < 1.29 is 200 Å². The molecule has 0 aliphatic rings. The fraction of sp³-hybridized carbons (Fsp3) is 1.00. The second-order valence-corrected chi connectivity index (χ2v) is 252. The van der Waals surface area contributed by atoms with Gasteiger partial charge in [0.15, 0.2) is 17.4 Å². The van der Waals surface area contributed by atoms with E-state index in [1.54, 1.807) is 32.7 Å². The molecule has 101 heavy (non-hydrogen) atoms. The van der Waals surface area contributed by atoms with Crippen LogP contribution in [0.3, 0.4) is 0 Å². The van der Waals surface area contributed by atoms with E-state index in [1.807, 2.05) is 0 Å². The summed E-state index contributed by atoms with van der Waals surface area (Å²) in [7, 11) is -203. The predicted molar refractivity (Wildman–Crippen MR) is 364 cm³/mol. The third kappa shape index (κ3) is 28.8. The standard InChI is InChI=1S/C8H30O45Si48/c1-56(2)53-101(7,8)99(50)98(49)97(48)68(19)64(15)61(12)58(9)54-51-57(3)60(11)63(14)66(17)69(20)71(22)73(24)75(26)77(28)79(30)81(32)83(34)85(36)87(38)89(40)91(42)93(44)95(46)96(47)94(45)92(43)90(41)88(39)86(37)84(35)82(33)80(31)78(29)76(27)74(25)72(23)70(21)67(18)65(16)62(13)59(10)55-52-100(4,5)6/h56-57H,54-55H2,1-8H3. The third-order valence-corrected chi connectivity index (χ3v) is 374. The van der Waals surface area contributed by atoms with Crippen molar-refractivity contribution >= 4 is 376 Å². The van der Waals surface area contributed by atoms with Crippen LogP contribution in [0.1, 0.15) is 0 Å². The molecule has 0 aromatic rings. The van der Waals surface area contributed by atoms with Gasteiger partial charge in [0.25, 0.3) is 0 Å². The first kappa shape index (κ1) is 103. The Morgan fingerprint density at radius 3 is 0.554 bits per heavy atom. The van der Waals surface area contributed by atoms with E-state index in [-0.39, 0.29) is 0 Å². The molecule has 0 aromatic heterocycles. The zero-order chi connectivity index (χ0) is 79.9. The number of rotatable bonds is 50. The van der Waals surface area contributed by atoms with Gasteiger partial charge in [-0.3, -0.25) is 0 Å². The molecule has 45 nitrogen and oxygen atoms in total. The van der Waals surface area contributed by atoms with E-state index in [9.17, 15) is 187 Å². The van der Waals surface area contributed by atoms with Crippen LogP contribution in [0.2, 0.25) is 52.4 Å². The van der Waals surface area contributed by atoms with Gasteiger partial charge >= 0.3 is 324 Å². The van der Waals surface area contributed by atoms with E-state index in [1.165, 1.54) is 13.1 Å². The zero-order valence-corrected chi connectivity index (χ0v) is 100. The molecule has 0 bridgehead atoms. The van der Waals surface area contributed by atoms with Crippen LogP contribution in [-0.2, 0) is 200 Å². The van der Waals surface area contributed by atoms with Crippen LogP contribution >= 0.6 is 0 Å². The summed E-state index contributed by atoms with van der Waals surface area (Å²) in [4.78, 5) is 0. The van der Waals surface area contributed by atoms with Crippen molar-refractivity contribution in [3.63, 3.8) is 0 Å². The highest BCUT2D eigenvalue weighted by Crippen LogP contribution is 2.08. The van der Waals surface area contributed by atoms with Gasteiger partial charge in [-0.25, -0.2) is 0 Å². The lowest BCUT2D eigenvalue weighted by Gasteiger charge is -2.21. The molecule has 0 fully saturated rings. The van der Waals surface area contributed by atoms with Gasteiger partial charge in [0.2, 0.25) is 35.0 Å². The minimum Gasteiger partial charge on any atom is -0.457 e. The van der Waals surface area contributed by atoms with Crippen molar-refractivity contribution in [2.75, 3.05) is 0 Å². The summed E-state index contributed by atoms with van der Waals surface area (Å²) < 4.78 is 555. The lowest BCUT2D eigenvalue weighted by molar-refractivity contribution is 0.531. The smallest absolute Gasteiger partial charge is 0.381 e. The van der Waals surface area contributed by atoms with Gasteiger partial charge in [-0.2, -0.15) is 0 Å². The maximum absolute atomic E-state index is 13.0. The van der Waals surface area contributed by atoms with E-state index < -0.39 is 376 Å². The van der Waals surface area contributed by atoms with E-state index in [4.69, 9.17) is 12.3 Å². The Morgan fingerprint density at radius 1 is 0.218 bits per heavy atom. The fourth-order valence-corrected chi connectivity index (χ4v) is 544. The molecule has 0 aliphatic carbocycles. The van der Waals surface area contributed by atoms with Crippen LogP contribution in [0, 0.1) is 0 Å². The molecule has 1 atom stereocenters. The molecule has 524 valence electrons. The molecular formula is C8H30O45Si48. The quantitative estimate of drug-likeness (QED) is 0.0510. The summed E-state index contributed by atoms with van der Waals surface area (Å²) in [5.74, 6) is 0. The number of hydrogen-bond acceptors (Lipinski definition) is 45. The highest BCUT2D eigenvalue weighted by molar-refractivity contribution is 7.86. The molecule has 93 heteroatoms. The summed E-state index contributed by atoms with van der Waals surface area (Å²) in [6.07, 6.45) is 0. The molecular weight excluding hydrogens is 2160 g/mol. The summed E-state index contributed by atoms with van der Waals surface area (Å²) in [5, 5.41) is 0. The lowest BCUT2D eigenvalue weighted by Crippen LogP contribution is -2.58. The number of hydrogen-bond donors (Lipinski definition) is 0. The van der Waals surface area contributed by atoms with Crippen LogP contribution in [0.5, 0.6) is 0 Å². The summed E-state index contributed by atoms with van der Waals surface area (Å²) in [5.41, 5.74) is 0. The van der Waals surface area contributed by atoms with Crippen molar-refractivity contribution in [2.24, 2.45) is 0 Å². The Morgan fingerprint density at radius 2 is 0.376 bits per heavy atom. The van der Waals surface area contributed by atoms with Crippen molar-refractivity contribution in [3.8, 4) is 0 Å². The highest BCUT2D eigenvalue weighted by Gasteiger charge is 2.60. The van der Waals surface area contributed by atoms with E-state index in [0.29, 0.717) is 0 Å². The van der Waals surface area contributed by atoms with Crippen LogP contribution in [-0.4, -0.2) is 376 Å². The monoisotopic (exact) mass is 2190 g/mol. The summed E-state index contributed by atoms with van der Waals surface area (Å²) >= 11 is 0. The van der Waals surface area contributed by atoms with Crippen LogP contribution in [0.25, 0.3) is 0 Å². The van der Waals surface area contributed by atoms with Crippen molar-refractivity contribution in [1.29, 1.82) is 0 Å². The van der Waals surface area contributed by atoms with Crippen LogP contribution in [0.15, 0.2) is 0 Å². The first-order valence-electron chi connectivity index (χ1n) is 25.5. The highest BCUT2D eigenvalue weighted by atomic mass is 30.2. The molecule has 0 aliphatic heterocycles. The van der Waals surface area contributed by atoms with Gasteiger partial charge in [-0.1, -0.05) is 0 Å². The molecule has 0 heterocycles. The maximum Gasteiger partial charge on any atom is 0.381 e. The first-order valence-corrected chi connectivity index (χ1v) is 144. The zero-order valence-electron chi connectivity index (χ0n) is 50.9. The Labute approximate surface area is 621 Å². The second kappa shape index (κ2) is 45.6. The average Bonchev–Trinajstić information content (AvgIpc) is 0.828. The van der Waals surface area contributed by atoms with Gasteiger partial charge < -0.3 is 200 Å². The van der Waals surface area contributed by atoms with E-state index >= 15 is 0 Å². The van der Waals surface area contributed by atoms with Gasteiger partial charge in [-0.15, -0.1) is 0 Å². The Hall–Kier alpha value is 1.89. The first-order chi connectivity index (χ1) is 45.8. The molecule has 0 saturated heterocycles. The van der Waals surface area contributed by atoms with Gasteiger partial charge in [0, 0.05) is 0 Å². The normalized spacial score (nSPS) is 11.1. The molecule has 0 aromatic carbocycles. The molecule has 0 spiro atoms. The van der Waals surface area contributed by atoms with E-state index in [2.05, 4.69) is 0 Å². The van der Waals surface area contributed by atoms with Gasteiger partial charge in [0.05, 0.1) is 0 Å². The lowest BCUT2D eigenvalue weighted by atomic mass is 11.8. The molecule has 0 N–H and O–H groups in total. The topological polar surface area (TPSA) is 745 Å². The van der Waals surface area contributed by atoms with Crippen molar-refractivity contribution in [3.05, 3.63) is 0 Å². The van der Waals surface area contributed by atoms with E-state index in [0.717, 1.165) is 6.55 Å². The maximum atomic E-state index is 13.0. The molecule has 1 unspecified atom stereocenters. The molecule has 0 amide bonds.